The number of rotatable bonds is 5. The fourth-order valence-electron chi connectivity index (χ4n) is 8.52. The van der Waals surface area contributed by atoms with Crippen LogP contribution < -0.4 is 0 Å². The first-order chi connectivity index (χ1) is 28.4. The van der Waals surface area contributed by atoms with Crippen molar-refractivity contribution in [3.8, 4) is 63.2 Å². The molecule has 7 nitrogen and oxygen atoms in total. The Morgan fingerprint density at radius 3 is 1.33 bits per heavy atom. The molecule has 0 radical (unpaired) electrons. The number of aryl methyl sites for hydroxylation is 2. The van der Waals surface area contributed by atoms with E-state index in [-0.39, 0.29) is 0 Å². The Morgan fingerprint density at radius 1 is 0.397 bits per heavy atom. The minimum atomic E-state index is 0.435. The van der Waals surface area contributed by atoms with Gasteiger partial charge in [-0.1, -0.05) is 97.1 Å². The van der Waals surface area contributed by atoms with Gasteiger partial charge in [0.05, 0.1) is 68.3 Å². The van der Waals surface area contributed by atoms with Gasteiger partial charge in [0.25, 0.3) is 0 Å². The molecule has 10 aromatic rings. The van der Waals surface area contributed by atoms with Gasteiger partial charge in [-0.25, -0.2) is 9.97 Å². The molecule has 0 N–H and O–H groups in total. The minimum Gasteiger partial charge on any atom is -0.307 e. The molecule has 0 amide bonds. The van der Waals surface area contributed by atoms with Crippen LogP contribution in [0.1, 0.15) is 28.1 Å². The van der Waals surface area contributed by atoms with Crippen molar-refractivity contribution in [1.29, 1.82) is 15.8 Å². The van der Waals surface area contributed by atoms with Gasteiger partial charge >= 0.3 is 0 Å². The van der Waals surface area contributed by atoms with E-state index in [0.717, 1.165) is 88.6 Å². The van der Waals surface area contributed by atoms with Gasteiger partial charge in [0.15, 0.2) is 5.82 Å². The average molecular weight is 742 g/mol. The number of nitriles is 3. The SMILES string of the molecule is Cc1cc(C)nc(-c2cc(-n3c4ccccc4c4ccc(-c5ccccc5C#N)cc43)c(-n3c4ccccc4c4ccc(-c5ccccc5C#N)cc43)cc2C#N)n1. The third-order valence-electron chi connectivity index (χ3n) is 11.0. The highest BCUT2D eigenvalue weighted by molar-refractivity contribution is 6.13. The van der Waals surface area contributed by atoms with E-state index >= 15 is 0 Å². The summed E-state index contributed by atoms with van der Waals surface area (Å²) in [6, 6.07) is 57.9. The van der Waals surface area contributed by atoms with Gasteiger partial charge < -0.3 is 9.13 Å². The Labute approximate surface area is 334 Å². The Bertz CT molecular complexity index is 3450. The standard InChI is InChI=1S/C51H31N7/c1-31-23-32(2)56-51(55-31)44-27-50(58-46-18-10-8-16-41(46)43-22-20-34(25-48(43)58)39-14-6-4-12-36(39)29-53)49(26-37(44)30-54)57-45-17-9-7-15-40(45)42-21-19-33(24-47(42)57)38-13-5-3-11-35(38)28-52/h3-27H,1-2H3. The van der Waals surface area contributed by atoms with Crippen molar-refractivity contribution in [2.75, 3.05) is 0 Å². The van der Waals surface area contributed by atoms with Crippen molar-refractivity contribution < 1.29 is 0 Å². The van der Waals surface area contributed by atoms with Crippen molar-refractivity contribution in [2.24, 2.45) is 0 Å². The molecule has 7 aromatic carbocycles. The molecular weight excluding hydrogens is 711 g/mol. The lowest BCUT2D eigenvalue weighted by Gasteiger charge is -2.19. The smallest absolute Gasteiger partial charge is 0.161 e. The molecule has 0 aliphatic heterocycles. The van der Waals surface area contributed by atoms with Crippen LogP contribution in [0.4, 0.5) is 0 Å². The Morgan fingerprint density at radius 2 is 0.828 bits per heavy atom. The largest absolute Gasteiger partial charge is 0.307 e. The maximum Gasteiger partial charge on any atom is 0.161 e. The van der Waals surface area contributed by atoms with E-state index in [9.17, 15) is 15.8 Å². The van der Waals surface area contributed by atoms with Crippen molar-refractivity contribution in [1.82, 2.24) is 19.1 Å². The third kappa shape index (κ3) is 5.33. The van der Waals surface area contributed by atoms with Crippen LogP contribution in [-0.4, -0.2) is 19.1 Å². The highest BCUT2D eigenvalue weighted by Crippen LogP contribution is 2.42. The van der Waals surface area contributed by atoms with Gasteiger partial charge in [0, 0.05) is 38.5 Å². The molecule has 3 heterocycles. The Kier molecular flexibility index (Phi) is 7.94. The first-order valence-corrected chi connectivity index (χ1v) is 18.9. The fourth-order valence-corrected chi connectivity index (χ4v) is 8.52. The molecule has 3 aromatic heterocycles. The second kappa shape index (κ2) is 13.5. The summed E-state index contributed by atoms with van der Waals surface area (Å²) in [5.74, 6) is 0.476. The predicted molar refractivity (Wildman–Crippen MR) is 231 cm³/mol. The summed E-state index contributed by atoms with van der Waals surface area (Å²) in [6.07, 6.45) is 0. The molecule has 7 heteroatoms. The maximum absolute atomic E-state index is 10.9. The highest BCUT2D eigenvalue weighted by Gasteiger charge is 2.24. The molecule has 0 bridgehead atoms. The quantitative estimate of drug-likeness (QED) is 0.174. The average Bonchev–Trinajstić information content (AvgIpc) is 3.77. The van der Waals surface area contributed by atoms with Crippen LogP contribution in [0.3, 0.4) is 0 Å². The molecule has 58 heavy (non-hydrogen) atoms. The third-order valence-corrected chi connectivity index (χ3v) is 11.0. The van der Waals surface area contributed by atoms with Crippen LogP contribution in [-0.2, 0) is 0 Å². The van der Waals surface area contributed by atoms with Gasteiger partial charge in [-0.2, -0.15) is 15.8 Å². The van der Waals surface area contributed by atoms with Crippen LogP contribution in [0.2, 0.25) is 0 Å². The monoisotopic (exact) mass is 741 g/mol. The zero-order valence-corrected chi connectivity index (χ0v) is 31.6. The summed E-state index contributed by atoms with van der Waals surface area (Å²) in [5, 5.41) is 35.3. The van der Waals surface area contributed by atoms with Crippen molar-refractivity contribution >= 4 is 43.6 Å². The van der Waals surface area contributed by atoms with Gasteiger partial charge in [-0.3, -0.25) is 0 Å². The molecule has 0 fully saturated rings. The zero-order chi connectivity index (χ0) is 39.5. The summed E-state index contributed by atoms with van der Waals surface area (Å²) < 4.78 is 4.50. The first kappa shape index (κ1) is 34.2. The lowest BCUT2D eigenvalue weighted by molar-refractivity contribution is 1.05. The topological polar surface area (TPSA) is 107 Å². The Hall–Kier alpha value is -8.31. The van der Waals surface area contributed by atoms with Crippen molar-refractivity contribution in [2.45, 2.75) is 13.8 Å². The van der Waals surface area contributed by atoms with E-state index in [1.807, 2.05) is 98.8 Å². The van der Waals surface area contributed by atoms with E-state index in [2.05, 4.69) is 94.1 Å². The molecule has 0 aliphatic carbocycles. The molecule has 0 saturated heterocycles. The van der Waals surface area contributed by atoms with Gasteiger partial charge in [-0.05, 0) is 90.7 Å². The predicted octanol–water partition coefficient (Wildman–Crippen LogP) is 11.9. The highest BCUT2D eigenvalue weighted by atomic mass is 15.1. The summed E-state index contributed by atoms with van der Waals surface area (Å²) in [5.41, 5.74) is 12.8. The molecule has 10 rings (SSSR count). The van der Waals surface area contributed by atoms with Crippen molar-refractivity contribution in [3.63, 3.8) is 0 Å². The maximum atomic E-state index is 10.9. The summed E-state index contributed by atoms with van der Waals surface area (Å²) in [4.78, 5) is 9.70. The molecule has 0 atom stereocenters. The van der Waals surface area contributed by atoms with Crippen LogP contribution >= 0.6 is 0 Å². The van der Waals surface area contributed by atoms with E-state index in [4.69, 9.17) is 9.97 Å². The summed E-state index contributed by atoms with van der Waals surface area (Å²) in [6.45, 7) is 3.88. The van der Waals surface area contributed by atoms with Crippen LogP contribution in [0, 0.1) is 47.8 Å². The van der Waals surface area contributed by atoms with E-state index in [1.54, 1.807) is 0 Å². The minimum absolute atomic E-state index is 0.435. The second-order valence-electron chi connectivity index (χ2n) is 14.5. The molecule has 0 unspecified atom stereocenters. The number of nitrogens with zero attached hydrogens (tertiary/aromatic N) is 7. The fraction of sp³-hybridized carbons (Fsp3) is 0.0392. The van der Waals surface area contributed by atoms with Gasteiger partial charge in [0.1, 0.15) is 0 Å². The zero-order valence-electron chi connectivity index (χ0n) is 31.6. The lowest BCUT2D eigenvalue weighted by Crippen LogP contribution is -2.06. The first-order valence-electron chi connectivity index (χ1n) is 18.9. The number of fused-ring (bicyclic) bond motifs is 6. The van der Waals surface area contributed by atoms with Crippen LogP contribution in [0.5, 0.6) is 0 Å². The normalized spacial score (nSPS) is 11.2. The number of benzene rings is 7. The van der Waals surface area contributed by atoms with E-state index in [0.29, 0.717) is 28.1 Å². The number of para-hydroxylation sites is 2. The van der Waals surface area contributed by atoms with Gasteiger partial charge in [-0.15, -0.1) is 0 Å². The Balaban J connectivity index is 1.37. The summed E-state index contributed by atoms with van der Waals surface area (Å²) in [7, 11) is 0. The molecule has 270 valence electrons. The molecule has 0 spiro atoms. The van der Waals surface area contributed by atoms with E-state index in [1.165, 1.54) is 0 Å². The number of hydrogen-bond acceptors (Lipinski definition) is 5. The second-order valence-corrected chi connectivity index (χ2v) is 14.5. The number of aromatic nitrogens is 4. The van der Waals surface area contributed by atoms with Gasteiger partial charge in [0.2, 0.25) is 0 Å². The summed E-state index contributed by atoms with van der Waals surface area (Å²) >= 11 is 0. The van der Waals surface area contributed by atoms with Crippen LogP contribution in [0.25, 0.3) is 88.6 Å². The van der Waals surface area contributed by atoms with Crippen molar-refractivity contribution in [3.05, 3.63) is 180 Å². The molecular formula is C51H31N7. The molecule has 0 aliphatic rings. The number of hydrogen-bond donors (Lipinski definition) is 0. The molecule has 0 saturated carbocycles. The van der Waals surface area contributed by atoms with E-state index < -0.39 is 0 Å². The lowest BCUT2D eigenvalue weighted by atomic mass is 9.99. The van der Waals surface area contributed by atoms with Crippen LogP contribution in [0.15, 0.2) is 152 Å².